The van der Waals surface area contributed by atoms with Crippen LogP contribution in [0.15, 0.2) is 41.1 Å². The van der Waals surface area contributed by atoms with Gasteiger partial charge in [0.25, 0.3) is 0 Å². The Morgan fingerprint density at radius 2 is 2.04 bits per heavy atom. The van der Waals surface area contributed by atoms with E-state index < -0.39 is 0 Å². The predicted octanol–water partition coefficient (Wildman–Crippen LogP) is 2.95. The molecule has 1 fully saturated rings. The van der Waals surface area contributed by atoms with Crippen molar-refractivity contribution >= 4 is 23.1 Å². The quantitative estimate of drug-likeness (QED) is 0.830. The Morgan fingerprint density at radius 3 is 2.68 bits per heavy atom. The zero-order valence-electron chi connectivity index (χ0n) is 14.2. The van der Waals surface area contributed by atoms with Crippen molar-refractivity contribution in [2.45, 2.75) is 6.04 Å². The highest BCUT2D eigenvalue weighted by molar-refractivity contribution is 7.07. The smallest absolute Gasteiger partial charge is 0.319 e. The van der Waals surface area contributed by atoms with Crippen LogP contribution < -0.4 is 15.4 Å². The molecule has 1 atom stereocenters. The standard InChI is InChI=1S/C18H23N3O3S/c1-23-16-4-2-15(3-5-16)20-18(22)19-12-17(14-6-11-25-13-14)21-7-9-24-10-8-21/h2-6,11,13,17H,7-10,12H2,1H3,(H2,19,20,22). The number of carbonyl (C=O) groups is 1. The van der Waals surface area contributed by atoms with Crippen LogP contribution in [0.3, 0.4) is 0 Å². The van der Waals surface area contributed by atoms with Crippen molar-refractivity contribution in [1.82, 2.24) is 10.2 Å². The number of amides is 2. The molecule has 0 saturated carbocycles. The van der Waals surface area contributed by atoms with E-state index in [4.69, 9.17) is 9.47 Å². The number of anilines is 1. The summed E-state index contributed by atoms with van der Waals surface area (Å²) in [6.45, 7) is 3.78. The second-order valence-corrected chi connectivity index (χ2v) is 6.56. The fourth-order valence-electron chi connectivity index (χ4n) is 2.85. The lowest BCUT2D eigenvalue weighted by Crippen LogP contribution is -2.44. The maximum absolute atomic E-state index is 12.2. The van der Waals surface area contributed by atoms with E-state index in [0.717, 1.165) is 37.7 Å². The van der Waals surface area contributed by atoms with Gasteiger partial charge in [-0.15, -0.1) is 0 Å². The Labute approximate surface area is 151 Å². The zero-order chi connectivity index (χ0) is 17.5. The number of benzene rings is 1. The van der Waals surface area contributed by atoms with Crippen molar-refractivity contribution in [1.29, 1.82) is 0 Å². The fraction of sp³-hybridized carbons (Fsp3) is 0.389. The van der Waals surface area contributed by atoms with E-state index in [0.29, 0.717) is 6.54 Å². The molecule has 0 radical (unpaired) electrons. The summed E-state index contributed by atoms with van der Waals surface area (Å²) >= 11 is 1.67. The van der Waals surface area contributed by atoms with Gasteiger partial charge in [-0.2, -0.15) is 11.3 Å². The first-order valence-electron chi connectivity index (χ1n) is 8.29. The van der Waals surface area contributed by atoms with Crippen molar-refractivity contribution in [3.63, 3.8) is 0 Å². The number of hydrogen-bond acceptors (Lipinski definition) is 5. The first-order valence-corrected chi connectivity index (χ1v) is 9.23. The van der Waals surface area contributed by atoms with Crippen LogP contribution in [0, 0.1) is 0 Å². The van der Waals surface area contributed by atoms with Crippen molar-refractivity contribution in [3.8, 4) is 5.75 Å². The molecule has 2 heterocycles. The molecule has 134 valence electrons. The monoisotopic (exact) mass is 361 g/mol. The Morgan fingerprint density at radius 1 is 1.28 bits per heavy atom. The van der Waals surface area contributed by atoms with Crippen molar-refractivity contribution < 1.29 is 14.3 Å². The van der Waals surface area contributed by atoms with E-state index >= 15 is 0 Å². The Balaban J connectivity index is 1.57. The Bertz CT molecular complexity index is 655. The third kappa shape index (κ3) is 4.94. The maximum atomic E-state index is 12.2. The highest BCUT2D eigenvalue weighted by Gasteiger charge is 2.23. The van der Waals surface area contributed by atoms with Crippen LogP contribution in [0.25, 0.3) is 0 Å². The molecule has 0 spiro atoms. The third-order valence-corrected chi connectivity index (χ3v) is 4.92. The maximum Gasteiger partial charge on any atom is 0.319 e. The Kier molecular flexibility index (Phi) is 6.27. The summed E-state index contributed by atoms with van der Waals surface area (Å²) in [5.74, 6) is 0.760. The summed E-state index contributed by atoms with van der Waals surface area (Å²) in [5.41, 5.74) is 1.97. The van der Waals surface area contributed by atoms with Crippen LogP contribution in [0.2, 0.25) is 0 Å². The van der Waals surface area contributed by atoms with Crippen LogP contribution in [0.1, 0.15) is 11.6 Å². The number of rotatable bonds is 6. The average Bonchev–Trinajstić information content (AvgIpc) is 3.18. The molecule has 0 bridgehead atoms. The number of methoxy groups -OCH3 is 1. The minimum atomic E-state index is -0.210. The number of thiophene rings is 1. The first-order chi connectivity index (χ1) is 12.3. The molecule has 3 rings (SSSR count). The molecule has 0 aliphatic carbocycles. The summed E-state index contributed by atoms with van der Waals surface area (Å²) in [6.07, 6.45) is 0. The topological polar surface area (TPSA) is 62.8 Å². The van der Waals surface area contributed by atoms with Crippen LogP contribution in [0.4, 0.5) is 10.5 Å². The van der Waals surface area contributed by atoms with Gasteiger partial charge in [0, 0.05) is 25.3 Å². The molecule has 1 unspecified atom stereocenters. The molecule has 7 heteroatoms. The molecule has 2 aromatic rings. The van der Waals surface area contributed by atoms with Gasteiger partial charge >= 0.3 is 6.03 Å². The van der Waals surface area contributed by atoms with Gasteiger partial charge in [0.05, 0.1) is 26.4 Å². The molecule has 1 aliphatic rings. The van der Waals surface area contributed by atoms with E-state index in [1.807, 2.05) is 24.3 Å². The predicted molar refractivity (Wildman–Crippen MR) is 99.5 cm³/mol. The largest absolute Gasteiger partial charge is 0.497 e. The summed E-state index contributed by atoms with van der Waals surface area (Å²) < 4.78 is 10.6. The lowest BCUT2D eigenvalue weighted by Gasteiger charge is -2.34. The second kappa shape index (κ2) is 8.84. The van der Waals surface area contributed by atoms with E-state index in [1.54, 1.807) is 18.4 Å². The van der Waals surface area contributed by atoms with Crippen molar-refractivity contribution in [3.05, 3.63) is 46.7 Å². The van der Waals surface area contributed by atoms with E-state index in [-0.39, 0.29) is 12.1 Å². The number of morpholine rings is 1. The zero-order valence-corrected chi connectivity index (χ0v) is 15.1. The summed E-state index contributed by atoms with van der Waals surface area (Å²) in [4.78, 5) is 14.6. The molecule has 25 heavy (non-hydrogen) atoms. The highest BCUT2D eigenvalue weighted by Crippen LogP contribution is 2.23. The summed E-state index contributed by atoms with van der Waals surface area (Å²) in [6, 6.07) is 9.34. The van der Waals surface area contributed by atoms with Gasteiger partial charge in [-0.3, -0.25) is 4.90 Å². The lowest BCUT2D eigenvalue weighted by molar-refractivity contribution is 0.0168. The molecule has 2 N–H and O–H groups in total. The second-order valence-electron chi connectivity index (χ2n) is 5.78. The van der Waals surface area contributed by atoms with Crippen LogP contribution in [0.5, 0.6) is 5.75 Å². The molecular weight excluding hydrogens is 338 g/mol. The van der Waals surface area contributed by atoms with E-state index in [1.165, 1.54) is 5.56 Å². The molecule has 1 aliphatic heterocycles. The number of urea groups is 1. The van der Waals surface area contributed by atoms with Gasteiger partial charge in [-0.25, -0.2) is 4.79 Å². The molecule has 1 saturated heterocycles. The fourth-order valence-corrected chi connectivity index (χ4v) is 3.56. The van der Waals surface area contributed by atoms with Gasteiger partial charge in [-0.05, 0) is 46.7 Å². The third-order valence-electron chi connectivity index (χ3n) is 4.22. The van der Waals surface area contributed by atoms with Crippen molar-refractivity contribution in [2.24, 2.45) is 0 Å². The van der Waals surface area contributed by atoms with Crippen molar-refractivity contribution in [2.75, 3.05) is 45.3 Å². The van der Waals surface area contributed by atoms with Gasteiger partial charge in [0.1, 0.15) is 5.75 Å². The number of carbonyl (C=O) groups excluding carboxylic acids is 1. The van der Waals surface area contributed by atoms with Gasteiger partial charge < -0.3 is 20.1 Å². The van der Waals surface area contributed by atoms with Gasteiger partial charge in [-0.1, -0.05) is 0 Å². The first kappa shape index (κ1) is 17.7. The minimum Gasteiger partial charge on any atom is -0.497 e. The number of nitrogens with zero attached hydrogens (tertiary/aromatic N) is 1. The molecular formula is C18H23N3O3S. The lowest BCUT2D eigenvalue weighted by atomic mass is 10.1. The molecule has 1 aromatic heterocycles. The Hall–Kier alpha value is -2.09. The number of ether oxygens (including phenoxy) is 2. The minimum absolute atomic E-state index is 0.164. The molecule has 1 aromatic carbocycles. The van der Waals surface area contributed by atoms with Gasteiger partial charge in [0.2, 0.25) is 0 Å². The summed E-state index contributed by atoms with van der Waals surface area (Å²) in [7, 11) is 1.62. The van der Waals surface area contributed by atoms with Gasteiger partial charge in [0.15, 0.2) is 0 Å². The van der Waals surface area contributed by atoms with E-state index in [9.17, 15) is 4.79 Å². The molecule has 2 amide bonds. The highest BCUT2D eigenvalue weighted by atomic mass is 32.1. The normalized spacial score (nSPS) is 16.2. The van der Waals surface area contributed by atoms with Crippen LogP contribution in [-0.4, -0.2) is 50.9 Å². The SMILES string of the molecule is COc1ccc(NC(=O)NCC(c2ccsc2)N2CCOCC2)cc1. The number of nitrogens with one attached hydrogen (secondary N) is 2. The summed E-state index contributed by atoms with van der Waals surface area (Å²) in [5, 5.41) is 10.0. The average molecular weight is 361 g/mol. The van der Waals surface area contributed by atoms with Crippen LogP contribution >= 0.6 is 11.3 Å². The van der Waals surface area contributed by atoms with Crippen LogP contribution in [-0.2, 0) is 4.74 Å². The number of hydrogen-bond donors (Lipinski definition) is 2. The van der Waals surface area contributed by atoms with E-state index in [2.05, 4.69) is 32.4 Å². The molecule has 6 nitrogen and oxygen atoms in total.